The van der Waals surface area contributed by atoms with Crippen molar-refractivity contribution < 1.29 is 9.26 Å². The summed E-state index contributed by atoms with van der Waals surface area (Å²) in [4.78, 5) is 10.6. The normalized spacial score (nSPS) is 15.1. The molecule has 1 N–H and O–H groups in total. The van der Waals surface area contributed by atoms with Crippen molar-refractivity contribution in [3.63, 3.8) is 0 Å². The molecular formula is C15H27N5O2. The molecule has 0 bridgehead atoms. The quantitative estimate of drug-likeness (QED) is 0.420. The highest BCUT2D eigenvalue weighted by atomic mass is 16.5. The number of aromatic nitrogens is 2. The molecule has 0 atom stereocenters. The Hall–Kier alpha value is -1.63. The minimum atomic E-state index is 0.685. The summed E-state index contributed by atoms with van der Waals surface area (Å²) in [5, 5.41) is 7.12. The second kappa shape index (κ2) is 8.73. The van der Waals surface area contributed by atoms with Gasteiger partial charge in [0.15, 0.2) is 11.8 Å². The van der Waals surface area contributed by atoms with Gasteiger partial charge in [0, 0.05) is 40.2 Å². The third kappa shape index (κ3) is 6.01. The van der Waals surface area contributed by atoms with E-state index in [4.69, 9.17) is 9.26 Å². The number of guanidine groups is 1. The van der Waals surface area contributed by atoms with E-state index in [0.29, 0.717) is 11.7 Å². The van der Waals surface area contributed by atoms with Crippen LogP contribution in [0.3, 0.4) is 0 Å². The number of aliphatic imine (C=N–C) groups is 1. The second-order valence-electron chi connectivity index (χ2n) is 5.75. The van der Waals surface area contributed by atoms with E-state index in [1.807, 2.05) is 14.0 Å². The zero-order valence-electron chi connectivity index (χ0n) is 13.8. The van der Waals surface area contributed by atoms with E-state index in [-0.39, 0.29) is 0 Å². The number of nitrogens with one attached hydrogen (secondary N) is 1. The summed E-state index contributed by atoms with van der Waals surface area (Å²) in [7, 11) is 3.82. The first-order valence-electron chi connectivity index (χ1n) is 7.97. The highest BCUT2D eigenvalue weighted by Gasteiger charge is 2.21. The Bertz CT molecular complexity index is 470. The van der Waals surface area contributed by atoms with Gasteiger partial charge >= 0.3 is 0 Å². The summed E-state index contributed by atoms with van der Waals surface area (Å²) >= 11 is 0. The molecule has 1 aliphatic carbocycles. The number of hydrogen-bond donors (Lipinski definition) is 1. The molecule has 124 valence electrons. The molecule has 0 radical (unpaired) electrons. The molecule has 0 spiro atoms. The Morgan fingerprint density at radius 1 is 1.50 bits per heavy atom. The van der Waals surface area contributed by atoms with Crippen molar-refractivity contribution in [3.05, 3.63) is 11.7 Å². The SMILES string of the molecule is CN=C(NCCCc1nc(C)no1)N(C)CCOCC1CC1. The fraction of sp³-hybridized carbons (Fsp3) is 0.800. The van der Waals surface area contributed by atoms with Crippen LogP contribution in [0, 0.1) is 12.8 Å². The summed E-state index contributed by atoms with van der Waals surface area (Å²) in [6.45, 7) is 5.14. The van der Waals surface area contributed by atoms with Crippen molar-refractivity contribution in [1.82, 2.24) is 20.4 Å². The van der Waals surface area contributed by atoms with Gasteiger partial charge in [0.05, 0.1) is 6.61 Å². The van der Waals surface area contributed by atoms with Gasteiger partial charge < -0.3 is 19.5 Å². The minimum absolute atomic E-state index is 0.685. The van der Waals surface area contributed by atoms with Crippen LogP contribution < -0.4 is 5.32 Å². The van der Waals surface area contributed by atoms with E-state index < -0.39 is 0 Å². The Morgan fingerprint density at radius 3 is 2.95 bits per heavy atom. The molecule has 7 nitrogen and oxygen atoms in total. The summed E-state index contributed by atoms with van der Waals surface area (Å²) in [6, 6.07) is 0. The molecule has 1 saturated carbocycles. The lowest BCUT2D eigenvalue weighted by molar-refractivity contribution is 0.115. The maximum Gasteiger partial charge on any atom is 0.226 e. The zero-order chi connectivity index (χ0) is 15.8. The maximum atomic E-state index is 5.66. The molecule has 22 heavy (non-hydrogen) atoms. The minimum Gasteiger partial charge on any atom is -0.379 e. The average molecular weight is 309 g/mol. The van der Waals surface area contributed by atoms with Crippen molar-refractivity contribution in [3.8, 4) is 0 Å². The van der Waals surface area contributed by atoms with Crippen molar-refractivity contribution >= 4 is 5.96 Å². The van der Waals surface area contributed by atoms with Crippen LogP contribution in [0.2, 0.25) is 0 Å². The van der Waals surface area contributed by atoms with Gasteiger partial charge in [0.25, 0.3) is 0 Å². The van der Waals surface area contributed by atoms with Gasteiger partial charge in [-0.25, -0.2) is 0 Å². The fourth-order valence-electron chi connectivity index (χ4n) is 2.11. The molecule has 1 aromatic rings. The largest absolute Gasteiger partial charge is 0.379 e. The van der Waals surface area contributed by atoms with Crippen LogP contribution in [-0.4, -0.2) is 61.4 Å². The van der Waals surface area contributed by atoms with E-state index in [0.717, 1.165) is 51.0 Å². The molecule has 1 aromatic heterocycles. The first-order valence-corrected chi connectivity index (χ1v) is 7.97. The Morgan fingerprint density at radius 2 is 2.32 bits per heavy atom. The van der Waals surface area contributed by atoms with Gasteiger partial charge in [-0.05, 0) is 32.1 Å². The van der Waals surface area contributed by atoms with Crippen molar-refractivity contribution in [1.29, 1.82) is 0 Å². The molecule has 0 aliphatic heterocycles. The van der Waals surface area contributed by atoms with Crippen molar-refractivity contribution in [2.75, 3.05) is 40.4 Å². The van der Waals surface area contributed by atoms with Crippen molar-refractivity contribution in [2.45, 2.75) is 32.6 Å². The monoisotopic (exact) mass is 309 g/mol. The molecule has 2 rings (SSSR count). The molecule has 0 unspecified atom stereocenters. The second-order valence-corrected chi connectivity index (χ2v) is 5.75. The number of aryl methyl sites for hydroxylation is 2. The predicted octanol–water partition coefficient (Wildman–Crippen LogP) is 1.24. The van der Waals surface area contributed by atoms with Crippen LogP contribution >= 0.6 is 0 Å². The molecule has 0 saturated heterocycles. The van der Waals surface area contributed by atoms with E-state index in [9.17, 15) is 0 Å². The number of ether oxygens (including phenoxy) is 1. The van der Waals surface area contributed by atoms with Gasteiger partial charge in [0.2, 0.25) is 5.89 Å². The maximum absolute atomic E-state index is 5.66. The zero-order valence-corrected chi connectivity index (χ0v) is 13.8. The van der Waals surface area contributed by atoms with Gasteiger partial charge in [-0.15, -0.1) is 0 Å². The number of rotatable bonds is 9. The summed E-state index contributed by atoms with van der Waals surface area (Å²) in [6.07, 6.45) is 4.36. The van der Waals surface area contributed by atoms with Gasteiger partial charge in [-0.2, -0.15) is 4.98 Å². The van der Waals surface area contributed by atoms with E-state index in [2.05, 4.69) is 25.3 Å². The molecule has 1 fully saturated rings. The van der Waals surface area contributed by atoms with Gasteiger partial charge in [-0.3, -0.25) is 4.99 Å². The van der Waals surface area contributed by atoms with Crippen LogP contribution in [0.4, 0.5) is 0 Å². The third-order valence-electron chi connectivity index (χ3n) is 3.62. The fourth-order valence-corrected chi connectivity index (χ4v) is 2.11. The Labute approximate surface area is 132 Å². The smallest absolute Gasteiger partial charge is 0.226 e. The summed E-state index contributed by atoms with van der Waals surface area (Å²) in [5.41, 5.74) is 0. The van der Waals surface area contributed by atoms with E-state index in [1.165, 1.54) is 12.8 Å². The van der Waals surface area contributed by atoms with Gasteiger partial charge in [0.1, 0.15) is 0 Å². The van der Waals surface area contributed by atoms with Crippen LogP contribution in [-0.2, 0) is 11.2 Å². The first-order chi connectivity index (χ1) is 10.7. The highest BCUT2D eigenvalue weighted by molar-refractivity contribution is 5.79. The molecule has 0 amide bonds. The average Bonchev–Trinajstić information content (AvgIpc) is 3.24. The number of nitrogens with zero attached hydrogens (tertiary/aromatic N) is 4. The van der Waals surface area contributed by atoms with Crippen LogP contribution in [0.1, 0.15) is 31.0 Å². The molecule has 1 aliphatic rings. The molecule has 0 aromatic carbocycles. The lowest BCUT2D eigenvalue weighted by Gasteiger charge is -2.21. The first kappa shape index (κ1) is 16.7. The van der Waals surface area contributed by atoms with Crippen molar-refractivity contribution in [2.24, 2.45) is 10.9 Å². The van der Waals surface area contributed by atoms with Crippen LogP contribution in [0.25, 0.3) is 0 Å². The van der Waals surface area contributed by atoms with E-state index in [1.54, 1.807) is 7.05 Å². The molecular weight excluding hydrogens is 282 g/mol. The van der Waals surface area contributed by atoms with Crippen LogP contribution in [0.5, 0.6) is 0 Å². The summed E-state index contributed by atoms with van der Waals surface area (Å²) in [5.74, 6) is 3.08. The number of hydrogen-bond acceptors (Lipinski definition) is 5. The topological polar surface area (TPSA) is 75.8 Å². The lowest BCUT2D eigenvalue weighted by Crippen LogP contribution is -2.41. The molecule has 1 heterocycles. The number of likely N-dealkylation sites (N-methyl/N-ethyl adjacent to an activating group) is 1. The predicted molar refractivity (Wildman–Crippen MR) is 84.9 cm³/mol. The van der Waals surface area contributed by atoms with Crippen LogP contribution in [0.15, 0.2) is 9.52 Å². The third-order valence-corrected chi connectivity index (χ3v) is 3.62. The summed E-state index contributed by atoms with van der Waals surface area (Å²) < 4.78 is 10.7. The lowest BCUT2D eigenvalue weighted by atomic mass is 10.3. The van der Waals surface area contributed by atoms with Gasteiger partial charge in [-0.1, -0.05) is 5.16 Å². The highest BCUT2D eigenvalue weighted by Crippen LogP contribution is 2.28. The van der Waals surface area contributed by atoms with E-state index >= 15 is 0 Å². The standard InChI is InChI=1S/C15H27N5O2/c1-12-18-14(22-19-12)5-4-8-17-15(16-2)20(3)9-10-21-11-13-6-7-13/h13H,4-11H2,1-3H3,(H,16,17). The Kier molecular flexibility index (Phi) is 6.64. The Balaban J connectivity index is 1.56. The molecule has 7 heteroatoms.